The summed E-state index contributed by atoms with van der Waals surface area (Å²) in [5.41, 5.74) is 1.44. The topological polar surface area (TPSA) is 61.3 Å². The second-order valence-corrected chi connectivity index (χ2v) is 12.5. The van der Waals surface area contributed by atoms with E-state index >= 15 is 0 Å². The van der Waals surface area contributed by atoms with Crippen LogP contribution in [0.5, 0.6) is 5.88 Å². The molecule has 2 aromatic carbocycles. The van der Waals surface area contributed by atoms with Crippen LogP contribution in [0.1, 0.15) is 42.6 Å². The molecule has 0 bridgehead atoms. The van der Waals surface area contributed by atoms with Crippen LogP contribution >= 0.6 is 0 Å². The molecule has 3 rings (SSSR count). The van der Waals surface area contributed by atoms with Crippen molar-refractivity contribution in [1.29, 1.82) is 0 Å². The summed E-state index contributed by atoms with van der Waals surface area (Å²) in [6, 6.07) is 20.9. The monoisotopic (exact) mass is 420 g/mol. The summed E-state index contributed by atoms with van der Waals surface area (Å²) < 4.78 is 12.4. The van der Waals surface area contributed by atoms with Crippen molar-refractivity contribution in [1.82, 2.24) is 9.97 Å². The minimum Gasteiger partial charge on any atom is -0.481 e. The van der Waals surface area contributed by atoms with Crippen molar-refractivity contribution in [3.05, 3.63) is 77.7 Å². The maximum absolute atomic E-state index is 11.2. The van der Waals surface area contributed by atoms with E-state index in [2.05, 4.69) is 79.3 Å². The van der Waals surface area contributed by atoms with E-state index < -0.39 is 8.32 Å². The molecule has 30 heavy (non-hydrogen) atoms. The zero-order chi connectivity index (χ0) is 21.8. The van der Waals surface area contributed by atoms with Crippen LogP contribution in [0, 0.1) is 6.92 Å². The predicted octanol–water partition coefficient (Wildman–Crippen LogP) is 3.68. The Balaban J connectivity index is 2.15. The van der Waals surface area contributed by atoms with Gasteiger partial charge >= 0.3 is 0 Å². The van der Waals surface area contributed by atoms with Gasteiger partial charge in [0.2, 0.25) is 5.88 Å². The predicted molar refractivity (Wildman–Crippen MR) is 121 cm³/mol. The highest BCUT2D eigenvalue weighted by Gasteiger charge is 2.50. The normalized spacial score (nSPS) is 11.9. The first kappa shape index (κ1) is 21.9. The molecule has 1 aromatic heterocycles. The van der Waals surface area contributed by atoms with Gasteiger partial charge in [-0.05, 0) is 22.3 Å². The Hall–Kier alpha value is -2.83. The summed E-state index contributed by atoms with van der Waals surface area (Å²) >= 11 is 0. The van der Waals surface area contributed by atoms with E-state index in [9.17, 15) is 4.79 Å². The molecule has 0 saturated carbocycles. The van der Waals surface area contributed by atoms with E-state index in [-0.39, 0.29) is 10.9 Å². The van der Waals surface area contributed by atoms with Crippen LogP contribution in [0.3, 0.4) is 0 Å². The quantitative estimate of drug-likeness (QED) is 0.431. The van der Waals surface area contributed by atoms with Gasteiger partial charge in [-0.15, -0.1) is 0 Å². The first-order valence-electron chi connectivity index (χ1n) is 9.95. The van der Waals surface area contributed by atoms with E-state index in [4.69, 9.17) is 9.16 Å². The standard InChI is InChI=1S/C24H28N2O3Si/c1-18-21(23(28-5)26-22(16-27)25-18)17-29-30(24(2,3)4,19-12-8-6-9-13-19)20-14-10-7-11-15-20/h6-16H,17H2,1-5H3. The maximum atomic E-state index is 11.2. The maximum Gasteiger partial charge on any atom is 0.261 e. The number of nitrogens with zero attached hydrogens (tertiary/aromatic N) is 2. The smallest absolute Gasteiger partial charge is 0.261 e. The number of methoxy groups -OCH3 is 1. The van der Waals surface area contributed by atoms with Crippen molar-refractivity contribution >= 4 is 25.0 Å². The highest BCUT2D eigenvalue weighted by Crippen LogP contribution is 2.37. The van der Waals surface area contributed by atoms with Crippen LogP contribution in [0.2, 0.25) is 5.04 Å². The van der Waals surface area contributed by atoms with Crippen molar-refractivity contribution in [2.45, 2.75) is 39.3 Å². The molecular formula is C24H28N2O3Si. The lowest BCUT2D eigenvalue weighted by Gasteiger charge is -2.43. The molecule has 0 atom stereocenters. The van der Waals surface area contributed by atoms with Crippen molar-refractivity contribution in [2.24, 2.45) is 0 Å². The van der Waals surface area contributed by atoms with Crippen LogP contribution in [0.4, 0.5) is 0 Å². The Kier molecular flexibility index (Phi) is 6.48. The molecule has 0 radical (unpaired) electrons. The average molecular weight is 421 g/mol. The third kappa shape index (κ3) is 4.06. The van der Waals surface area contributed by atoms with Gasteiger partial charge in [0.15, 0.2) is 12.1 Å². The van der Waals surface area contributed by atoms with Crippen molar-refractivity contribution < 1.29 is 14.0 Å². The molecule has 5 nitrogen and oxygen atoms in total. The number of aromatic nitrogens is 2. The van der Waals surface area contributed by atoms with Crippen molar-refractivity contribution in [3.8, 4) is 5.88 Å². The second-order valence-electron chi connectivity index (χ2n) is 8.22. The lowest BCUT2D eigenvalue weighted by atomic mass is 10.2. The zero-order valence-electron chi connectivity index (χ0n) is 18.2. The minimum atomic E-state index is -2.69. The number of aryl methyl sites for hydroxylation is 1. The number of aldehydes is 1. The molecule has 1 heterocycles. The fraction of sp³-hybridized carbons (Fsp3) is 0.292. The fourth-order valence-electron chi connectivity index (χ4n) is 3.92. The van der Waals surface area contributed by atoms with Crippen molar-refractivity contribution in [2.75, 3.05) is 7.11 Å². The van der Waals surface area contributed by atoms with E-state index in [1.807, 2.05) is 19.1 Å². The van der Waals surface area contributed by atoms with E-state index in [0.29, 0.717) is 24.5 Å². The summed E-state index contributed by atoms with van der Waals surface area (Å²) in [7, 11) is -1.15. The number of rotatable bonds is 7. The molecule has 156 valence electrons. The molecule has 0 aliphatic rings. The van der Waals surface area contributed by atoms with E-state index in [0.717, 1.165) is 5.56 Å². The molecule has 0 aliphatic heterocycles. The third-order valence-electron chi connectivity index (χ3n) is 5.34. The Bertz CT molecular complexity index is 963. The van der Waals surface area contributed by atoms with Crippen LogP contribution in [-0.2, 0) is 11.0 Å². The fourth-order valence-corrected chi connectivity index (χ4v) is 8.44. The lowest BCUT2D eigenvalue weighted by molar-refractivity contribution is 0.111. The highest BCUT2D eigenvalue weighted by atomic mass is 28.4. The van der Waals surface area contributed by atoms with Crippen LogP contribution in [-0.4, -0.2) is 31.7 Å². The van der Waals surface area contributed by atoms with E-state index in [1.54, 1.807) is 7.11 Å². The van der Waals surface area contributed by atoms with Gasteiger partial charge in [-0.1, -0.05) is 81.4 Å². The molecule has 0 amide bonds. The van der Waals surface area contributed by atoms with E-state index in [1.165, 1.54) is 10.4 Å². The summed E-state index contributed by atoms with van der Waals surface area (Å²) in [5, 5.41) is 2.26. The zero-order valence-corrected chi connectivity index (χ0v) is 19.2. The SMILES string of the molecule is COc1nc(C=O)nc(C)c1CO[Si](c1ccccc1)(c1ccccc1)C(C)(C)C. The Morgan fingerprint density at radius 3 is 1.90 bits per heavy atom. The number of benzene rings is 2. The van der Waals surface area contributed by atoms with Gasteiger partial charge in [0.05, 0.1) is 25.0 Å². The van der Waals surface area contributed by atoms with Crippen LogP contribution in [0.25, 0.3) is 0 Å². The molecule has 0 aliphatic carbocycles. The lowest BCUT2D eigenvalue weighted by Crippen LogP contribution is -2.66. The Morgan fingerprint density at radius 2 is 1.47 bits per heavy atom. The summed E-state index contributed by atoms with van der Waals surface area (Å²) in [4.78, 5) is 19.6. The number of hydrogen-bond donors (Lipinski definition) is 0. The van der Waals surface area contributed by atoms with Gasteiger partial charge in [0.25, 0.3) is 8.32 Å². The van der Waals surface area contributed by atoms with Gasteiger partial charge in [0, 0.05) is 0 Å². The van der Waals surface area contributed by atoms with Gasteiger partial charge in [0.1, 0.15) is 0 Å². The molecule has 0 spiro atoms. The molecule has 0 fully saturated rings. The van der Waals surface area contributed by atoms with Gasteiger partial charge in [-0.25, -0.2) is 4.98 Å². The Labute approximate surface area is 179 Å². The minimum absolute atomic E-state index is 0.110. The second kappa shape index (κ2) is 8.89. The Morgan fingerprint density at radius 1 is 0.933 bits per heavy atom. The molecule has 0 unspecified atom stereocenters. The molecule has 0 N–H and O–H groups in total. The number of ether oxygens (including phenoxy) is 1. The molecule has 6 heteroatoms. The molecule has 3 aromatic rings. The van der Waals surface area contributed by atoms with Gasteiger partial charge in [-0.2, -0.15) is 4.98 Å². The summed E-state index contributed by atoms with van der Waals surface area (Å²) in [6.45, 7) is 8.84. The first-order chi connectivity index (χ1) is 14.3. The largest absolute Gasteiger partial charge is 0.481 e. The van der Waals surface area contributed by atoms with Crippen molar-refractivity contribution in [3.63, 3.8) is 0 Å². The van der Waals surface area contributed by atoms with Gasteiger partial charge in [-0.3, -0.25) is 4.79 Å². The number of carbonyl (C=O) groups is 1. The number of hydrogen-bond acceptors (Lipinski definition) is 5. The highest BCUT2D eigenvalue weighted by molar-refractivity contribution is 6.99. The molecular weight excluding hydrogens is 392 g/mol. The molecule has 0 saturated heterocycles. The van der Waals surface area contributed by atoms with Crippen LogP contribution < -0.4 is 15.1 Å². The third-order valence-corrected chi connectivity index (χ3v) is 10.3. The number of carbonyl (C=O) groups excluding carboxylic acids is 1. The van der Waals surface area contributed by atoms with Crippen LogP contribution in [0.15, 0.2) is 60.7 Å². The summed E-state index contributed by atoms with van der Waals surface area (Å²) in [5.74, 6) is 0.487. The average Bonchev–Trinajstić information content (AvgIpc) is 2.75. The first-order valence-corrected chi connectivity index (χ1v) is 11.9. The van der Waals surface area contributed by atoms with Gasteiger partial charge < -0.3 is 9.16 Å². The summed E-state index contributed by atoms with van der Waals surface area (Å²) in [6.07, 6.45) is 0.627.